The highest BCUT2D eigenvalue weighted by atomic mass is 32.2. The summed E-state index contributed by atoms with van der Waals surface area (Å²) in [6.07, 6.45) is 10.1. The molecule has 0 spiro atoms. The minimum atomic E-state index is -4.17. The summed E-state index contributed by atoms with van der Waals surface area (Å²) in [5.41, 5.74) is -5.64. The van der Waals surface area contributed by atoms with Gasteiger partial charge in [0.1, 0.15) is 30.6 Å². The molecule has 2 heterocycles. The van der Waals surface area contributed by atoms with Crippen LogP contribution in [0.2, 0.25) is 0 Å². The zero-order valence-electron chi connectivity index (χ0n) is 22.5. The summed E-state index contributed by atoms with van der Waals surface area (Å²) in [5.74, 6) is -0.456. The lowest BCUT2D eigenvalue weighted by atomic mass is 9.73. The molecular formula is C27H38F5N3O3S2. The summed E-state index contributed by atoms with van der Waals surface area (Å²) >= 11 is 1.58. The normalized spacial score (nSPS) is 34.7. The minimum absolute atomic E-state index is 0.0537. The molecule has 13 heteroatoms. The van der Waals surface area contributed by atoms with E-state index in [-0.39, 0.29) is 54.0 Å². The van der Waals surface area contributed by atoms with Crippen LogP contribution in [0.15, 0.2) is 37.0 Å². The van der Waals surface area contributed by atoms with Crippen LogP contribution in [-0.2, 0) is 16.0 Å². The third kappa shape index (κ3) is 9.17. The topological polar surface area (TPSA) is 69.4 Å². The van der Waals surface area contributed by atoms with Crippen molar-refractivity contribution in [3.05, 3.63) is 37.0 Å². The Bertz CT molecular complexity index is 954. The zero-order chi connectivity index (χ0) is 28.8. The molecule has 40 heavy (non-hydrogen) atoms. The van der Waals surface area contributed by atoms with Crippen molar-refractivity contribution in [1.29, 1.82) is 0 Å². The van der Waals surface area contributed by atoms with Crippen molar-refractivity contribution >= 4 is 23.5 Å². The van der Waals surface area contributed by atoms with Gasteiger partial charge >= 0.3 is 5.51 Å². The van der Waals surface area contributed by atoms with E-state index < -0.39 is 40.9 Å². The predicted molar refractivity (Wildman–Crippen MR) is 146 cm³/mol. The Balaban J connectivity index is 1.23. The Morgan fingerprint density at radius 3 is 2.35 bits per heavy atom. The number of hydrogen-bond acceptors (Lipinski definition) is 7. The first-order valence-electron chi connectivity index (χ1n) is 13.8. The van der Waals surface area contributed by atoms with Crippen molar-refractivity contribution in [2.45, 2.75) is 104 Å². The summed E-state index contributed by atoms with van der Waals surface area (Å²) in [7, 11) is 0. The Morgan fingerprint density at radius 2 is 1.73 bits per heavy atom. The van der Waals surface area contributed by atoms with Crippen LogP contribution in [0.1, 0.15) is 51.9 Å². The summed E-state index contributed by atoms with van der Waals surface area (Å²) < 4.78 is 79.6. The van der Waals surface area contributed by atoms with Crippen LogP contribution in [0.25, 0.3) is 0 Å². The summed E-state index contributed by atoms with van der Waals surface area (Å²) in [6.45, 7) is 2.66. The average molecular weight is 612 g/mol. The first-order chi connectivity index (χ1) is 19.0. The molecule has 0 radical (unpaired) electrons. The molecule has 3 fully saturated rings. The van der Waals surface area contributed by atoms with Gasteiger partial charge in [-0.25, -0.2) is 13.8 Å². The number of nitrogens with zero attached hydrogens (tertiary/aromatic N) is 3. The standard InChI is InChI=1S/C27H38F5N3O3S2/c1-18(26(36,15-35-17-33-16-34-35)23-11-8-20(28)12-24(23)29)39-22-13-37-25(38-14-22)5-3-2-4-19-6-9-21(10-7-19)40-27(30,31)32/h2-5,16-25,36H,6-15H2,1H3/b4-2+,5-3+/t18-,19?,20?,21?,22?,23?,24?,25?,26-/m1/s1. The SMILES string of the molecule is C[C@@H](SC1COC(/C=C/C=C/C2CCC(SC(F)(F)F)CC2)OC1)[C@](O)(Cn1cncn1)C1CCC(F)CC1F. The third-order valence-electron chi connectivity index (χ3n) is 8.01. The van der Waals surface area contributed by atoms with Gasteiger partial charge in [-0.15, -0.1) is 11.8 Å². The van der Waals surface area contributed by atoms with Gasteiger partial charge in [0.15, 0.2) is 6.29 Å². The lowest BCUT2D eigenvalue weighted by Crippen LogP contribution is -2.55. The highest BCUT2D eigenvalue weighted by Crippen LogP contribution is 2.44. The number of aliphatic hydroxyl groups is 1. The van der Waals surface area contributed by atoms with Gasteiger partial charge in [-0.1, -0.05) is 25.2 Å². The second-order valence-electron chi connectivity index (χ2n) is 10.9. The van der Waals surface area contributed by atoms with E-state index in [1.54, 1.807) is 6.08 Å². The molecule has 1 saturated heterocycles. The molecule has 1 aliphatic heterocycles. The van der Waals surface area contributed by atoms with Gasteiger partial charge in [-0.3, -0.25) is 4.68 Å². The van der Waals surface area contributed by atoms with E-state index in [1.165, 1.54) is 29.1 Å². The van der Waals surface area contributed by atoms with Crippen LogP contribution in [0.4, 0.5) is 22.0 Å². The van der Waals surface area contributed by atoms with Crippen molar-refractivity contribution in [2.75, 3.05) is 13.2 Å². The highest BCUT2D eigenvalue weighted by molar-refractivity contribution is 8.00. The summed E-state index contributed by atoms with van der Waals surface area (Å²) in [5, 5.41) is 15.1. The molecule has 3 unspecified atom stereocenters. The van der Waals surface area contributed by atoms with Gasteiger partial charge in [-0.05, 0) is 62.3 Å². The molecule has 5 atom stereocenters. The van der Waals surface area contributed by atoms with Crippen LogP contribution in [-0.4, -0.2) is 78.6 Å². The lowest BCUT2D eigenvalue weighted by molar-refractivity contribution is -0.146. The molecular weight excluding hydrogens is 573 g/mol. The molecule has 0 bridgehead atoms. The maximum atomic E-state index is 15.0. The van der Waals surface area contributed by atoms with Gasteiger partial charge in [0.2, 0.25) is 0 Å². The Kier molecular flexibility index (Phi) is 11.4. The van der Waals surface area contributed by atoms with Crippen LogP contribution in [0.5, 0.6) is 0 Å². The number of halogens is 5. The molecule has 2 saturated carbocycles. The smallest absolute Gasteiger partial charge is 0.386 e. The second-order valence-corrected chi connectivity index (χ2v) is 13.9. The number of ether oxygens (including phenoxy) is 2. The van der Waals surface area contributed by atoms with Crippen molar-refractivity contribution in [3.63, 3.8) is 0 Å². The lowest BCUT2D eigenvalue weighted by Gasteiger charge is -2.45. The first kappa shape index (κ1) is 31.8. The van der Waals surface area contributed by atoms with Crippen LogP contribution >= 0.6 is 23.5 Å². The molecule has 4 rings (SSSR count). The number of alkyl halides is 5. The van der Waals surface area contributed by atoms with E-state index in [1.807, 2.05) is 25.2 Å². The number of thioether (sulfide) groups is 2. The molecule has 6 nitrogen and oxygen atoms in total. The van der Waals surface area contributed by atoms with Crippen LogP contribution < -0.4 is 0 Å². The van der Waals surface area contributed by atoms with Gasteiger partial charge in [-0.2, -0.15) is 18.3 Å². The Labute approximate surface area is 240 Å². The molecule has 1 N–H and O–H groups in total. The number of aromatic nitrogens is 3. The van der Waals surface area contributed by atoms with Gasteiger partial charge in [0.25, 0.3) is 0 Å². The fourth-order valence-corrected chi connectivity index (χ4v) is 8.08. The van der Waals surface area contributed by atoms with E-state index in [0.717, 1.165) is 12.8 Å². The maximum absolute atomic E-state index is 15.0. The van der Waals surface area contributed by atoms with Gasteiger partial charge in [0, 0.05) is 22.8 Å². The van der Waals surface area contributed by atoms with Crippen LogP contribution in [0, 0.1) is 11.8 Å². The Morgan fingerprint density at radius 1 is 1.02 bits per heavy atom. The van der Waals surface area contributed by atoms with Crippen molar-refractivity contribution < 1.29 is 36.5 Å². The van der Waals surface area contributed by atoms with Gasteiger partial charge < -0.3 is 14.6 Å². The fraction of sp³-hybridized carbons (Fsp3) is 0.778. The molecule has 2 aliphatic carbocycles. The van der Waals surface area contributed by atoms with Crippen molar-refractivity contribution in [1.82, 2.24) is 14.8 Å². The summed E-state index contributed by atoms with van der Waals surface area (Å²) in [6, 6.07) is 0. The second kappa shape index (κ2) is 14.3. The van der Waals surface area contributed by atoms with E-state index in [0.29, 0.717) is 26.1 Å². The first-order valence-corrected chi connectivity index (χ1v) is 15.6. The summed E-state index contributed by atoms with van der Waals surface area (Å²) in [4.78, 5) is 3.93. The maximum Gasteiger partial charge on any atom is 0.442 e. The highest BCUT2D eigenvalue weighted by Gasteiger charge is 2.49. The fourth-order valence-electron chi connectivity index (χ4n) is 5.81. The monoisotopic (exact) mass is 611 g/mol. The van der Waals surface area contributed by atoms with Crippen molar-refractivity contribution in [3.8, 4) is 0 Å². The largest absolute Gasteiger partial charge is 0.442 e. The van der Waals surface area contributed by atoms with E-state index >= 15 is 0 Å². The van der Waals surface area contributed by atoms with E-state index in [9.17, 15) is 27.1 Å². The van der Waals surface area contributed by atoms with Crippen LogP contribution in [0.3, 0.4) is 0 Å². The molecule has 3 aliphatic rings. The zero-order valence-corrected chi connectivity index (χ0v) is 24.1. The molecule has 0 amide bonds. The molecule has 1 aromatic heterocycles. The third-order valence-corrected chi connectivity index (χ3v) is 10.6. The predicted octanol–water partition coefficient (Wildman–Crippen LogP) is 6.27. The number of hydrogen-bond donors (Lipinski definition) is 1. The molecule has 0 aromatic carbocycles. The molecule has 226 valence electrons. The number of allylic oxidation sites excluding steroid dienone is 3. The van der Waals surface area contributed by atoms with Gasteiger partial charge in [0.05, 0.1) is 25.0 Å². The number of rotatable bonds is 10. The van der Waals surface area contributed by atoms with E-state index in [4.69, 9.17) is 9.47 Å². The quantitative estimate of drug-likeness (QED) is 0.247. The average Bonchev–Trinajstić information content (AvgIpc) is 3.40. The van der Waals surface area contributed by atoms with Crippen molar-refractivity contribution in [2.24, 2.45) is 11.8 Å². The minimum Gasteiger partial charge on any atom is -0.386 e. The van der Waals surface area contributed by atoms with E-state index in [2.05, 4.69) is 10.1 Å². The Hall–Kier alpha value is -1.15. The molecule has 1 aromatic rings.